The van der Waals surface area contributed by atoms with Crippen molar-refractivity contribution in [3.8, 4) is 0 Å². The Morgan fingerprint density at radius 1 is 1.07 bits per heavy atom. The molecule has 0 spiro atoms. The molecule has 4 fully saturated rings. The molecule has 0 amide bonds. The molecule has 0 aromatic heterocycles. The maximum absolute atomic E-state index is 10.3. The van der Waals surface area contributed by atoms with Gasteiger partial charge >= 0.3 is 0 Å². The first-order valence-electron chi connectivity index (χ1n) is 6.10. The third-order valence-corrected chi connectivity index (χ3v) is 4.52. The minimum absolute atomic E-state index is 0.288. The molecule has 86 valence electrons. The van der Waals surface area contributed by atoms with Gasteiger partial charge in [-0.3, -0.25) is 0 Å². The van der Waals surface area contributed by atoms with Gasteiger partial charge in [-0.15, -0.1) is 0 Å². The summed E-state index contributed by atoms with van der Waals surface area (Å²) in [7, 11) is 0. The van der Waals surface area contributed by atoms with Crippen molar-refractivity contribution in [3.05, 3.63) is 0 Å². The zero-order chi connectivity index (χ0) is 10.7. The molecule has 3 nitrogen and oxygen atoms in total. The van der Waals surface area contributed by atoms with E-state index in [1.54, 1.807) is 0 Å². The van der Waals surface area contributed by atoms with Crippen LogP contribution in [0.5, 0.6) is 0 Å². The zero-order valence-corrected chi connectivity index (χ0v) is 9.28. The summed E-state index contributed by atoms with van der Waals surface area (Å²) in [6.07, 6.45) is 4.20. The number of hydrogen-bond acceptors (Lipinski definition) is 3. The lowest BCUT2D eigenvalue weighted by Gasteiger charge is -2.60. The van der Waals surface area contributed by atoms with Gasteiger partial charge in [-0.2, -0.15) is 0 Å². The number of rotatable bonds is 2. The standard InChI is InChI=1S/C12H20O3/c1-2-15-10-8-3-11(13)5-9(10)6-12(14,4-8)7-11/h8-10,13-14H,2-7H2,1H3. The summed E-state index contributed by atoms with van der Waals surface area (Å²) in [5, 5.41) is 20.7. The van der Waals surface area contributed by atoms with Crippen molar-refractivity contribution >= 4 is 0 Å². The van der Waals surface area contributed by atoms with Gasteiger partial charge in [0.25, 0.3) is 0 Å². The predicted molar refractivity (Wildman–Crippen MR) is 55.4 cm³/mol. The fourth-order valence-electron chi connectivity index (χ4n) is 4.48. The zero-order valence-electron chi connectivity index (χ0n) is 9.28. The van der Waals surface area contributed by atoms with E-state index in [9.17, 15) is 10.2 Å². The first kappa shape index (κ1) is 10.1. The van der Waals surface area contributed by atoms with E-state index in [0.717, 1.165) is 32.3 Å². The molecule has 0 aromatic carbocycles. The summed E-state index contributed by atoms with van der Waals surface area (Å²) in [6.45, 7) is 2.77. The van der Waals surface area contributed by atoms with Crippen LogP contribution >= 0.6 is 0 Å². The fourth-order valence-corrected chi connectivity index (χ4v) is 4.48. The summed E-state index contributed by atoms with van der Waals surface area (Å²) in [4.78, 5) is 0. The van der Waals surface area contributed by atoms with Crippen LogP contribution in [0.1, 0.15) is 39.0 Å². The summed E-state index contributed by atoms with van der Waals surface area (Å²) in [5.41, 5.74) is -1.18. The molecule has 0 aromatic rings. The number of hydrogen-bond donors (Lipinski definition) is 2. The van der Waals surface area contributed by atoms with E-state index in [1.807, 2.05) is 6.92 Å². The molecule has 4 bridgehead atoms. The van der Waals surface area contributed by atoms with Gasteiger partial charge in [0.15, 0.2) is 0 Å². The molecule has 0 unspecified atom stereocenters. The molecule has 0 atom stereocenters. The highest BCUT2D eigenvalue weighted by molar-refractivity contribution is 5.12. The van der Waals surface area contributed by atoms with Crippen molar-refractivity contribution in [1.82, 2.24) is 0 Å². The van der Waals surface area contributed by atoms with Gasteiger partial charge in [-0.25, -0.2) is 0 Å². The van der Waals surface area contributed by atoms with E-state index in [4.69, 9.17) is 4.74 Å². The SMILES string of the molecule is CCOC1C2CC3(O)CC1CC(O)(C2)C3. The van der Waals surface area contributed by atoms with Crippen LogP contribution in [-0.4, -0.2) is 34.1 Å². The Balaban J connectivity index is 1.87. The lowest BCUT2D eigenvalue weighted by atomic mass is 9.51. The lowest BCUT2D eigenvalue weighted by molar-refractivity contribution is -0.243. The van der Waals surface area contributed by atoms with Crippen molar-refractivity contribution in [3.63, 3.8) is 0 Å². The van der Waals surface area contributed by atoms with Crippen LogP contribution in [-0.2, 0) is 4.74 Å². The average molecular weight is 212 g/mol. The topological polar surface area (TPSA) is 49.7 Å². The Kier molecular flexibility index (Phi) is 1.99. The van der Waals surface area contributed by atoms with Crippen LogP contribution in [0.3, 0.4) is 0 Å². The molecular weight excluding hydrogens is 192 g/mol. The van der Waals surface area contributed by atoms with Gasteiger partial charge in [-0.05, 0) is 44.4 Å². The van der Waals surface area contributed by atoms with Crippen molar-refractivity contribution in [2.75, 3.05) is 6.61 Å². The van der Waals surface area contributed by atoms with Crippen LogP contribution in [0, 0.1) is 11.8 Å². The summed E-state index contributed by atoms with van der Waals surface area (Å²) < 4.78 is 5.79. The summed E-state index contributed by atoms with van der Waals surface area (Å²) in [6, 6.07) is 0. The van der Waals surface area contributed by atoms with E-state index in [1.165, 1.54) is 0 Å². The molecular formula is C12H20O3. The third-order valence-electron chi connectivity index (χ3n) is 4.52. The molecule has 0 heterocycles. The minimum Gasteiger partial charge on any atom is -0.390 e. The third kappa shape index (κ3) is 1.44. The van der Waals surface area contributed by atoms with Crippen molar-refractivity contribution in [2.24, 2.45) is 11.8 Å². The Morgan fingerprint density at radius 2 is 1.53 bits per heavy atom. The van der Waals surface area contributed by atoms with Gasteiger partial charge in [-0.1, -0.05) is 0 Å². The molecule has 15 heavy (non-hydrogen) atoms. The molecule has 4 aliphatic rings. The van der Waals surface area contributed by atoms with Crippen LogP contribution in [0.15, 0.2) is 0 Å². The van der Waals surface area contributed by atoms with Crippen molar-refractivity contribution < 1.29 is 14.9 Å². The second kappa shape index (κ2) is 2.96. The van der Waals surface area contributed by atoms with Crippen molar-refractivity contribution in [1.29, 1.82) is 0 Å². The van der Waals surface area contributed by atoms with Gasteiger partial charge < -0.3 is 14.9 Å². The fraction of sp³-hybridized carbons (Fsp3) is 1.00. The molecule has 2 N–H and O–H groups in total. The maximum Gasteiger partial charge on any atom is 0.0682 e. The van der Waals surface area contributed by atoms with Crippen LogP contribution < -0.4 is 0 Å². The van der Waals surface area contributed by atoms with Crippen molar-refractivity contribution in [2.45, 2.75) is 56.3 Å². The predicted octanol–water partition coefficient (Wildman–Crippen LogP) is 1.08. The second-order valence-electron chi connectivity index (χ2n) is 5.88. The maximum atomic E-state index is 10.3. The lowest BCUT2D eigenvalue weighted by Crippen LogP contribution is -2.64. The second-order valence-corrected chi connectivity index (χ2v) is 5.88. The highest BCUT2D eigenvalue weighted by Crippen LogP contribution is 2.58. The Labute approximate surface area is 90.4 Å². The van der Waals surface area contributed by atoms with E-state index < -0.39 is 11.2 Å². The largest absolute Gasteiger partial charge is 0.390 e. The molecule has 3 heteroatoms. The smallest absolute Gasteiger partial charge is 0.0682 e. The summed E-state index contributed by atoms with van der Waals surface area (Å²) >= 11 is 0. The van der Waals surface area contributed by atoms with Crippen LogP contribution in [0.2, 0.25) is 0 Å². The van der Waals surface area contributed by atoms with Gasteiger partial charge in [0.1, 0.15) is 0 Å². The monoisotopic (exact) mass is 212 g/mol. The van der Waals surface area contributed by atoms with Gasteiger partial charge in [0.05, 0.1) is 17.3 Å². The van der Waals surface area contributed by atoms with Crippen LogP contribution in [0.25, 0.3) is 0 Å². The van der Waals surface area contributed by atoms with E-state index >= 15 is 0 Å². The quantitative estimate of drug-likeness (QED) is 0.720. The molecule has 4 rings (SSSR count). The first-order valence-corrected chi connectivity index (χ1v) is 6.10. The average Bonchev–Trinajstić information content (AvgIpc) is 2.06. The Morgan fingerprint density at radius 3 is 1.93 bits per heavy atom. The molecule has 4 saturated carbocycles. The Hall–Kier alpha value is -0.120. The Bertz CT molecular complexity index is 240. The van der Waals surface area contributed by atoms with Crippen LogP contribution in [0.4, 0.5) is 0 Å². The van der Waals surface area contributed by atoms with Gasteiger partial charge in [0, 0.05) is 13.0 Å². The first-order chi connectivity index (χ1) is 7.04. The number of aliphatic hydroxyl groups is 2. The highest BCUT2D eigenvalue weighted by Gasteiger charge is 2.60. The number of ether oxygens (including phenoxy) is 1. The van der Waals surface area contributed by atoms with Gasteiger partial charge in [0.2, 0.25) is 0 Å². The summed E-state index contributed by atoms with van der Waals surface area (Å²) in [5.74, 6) is 0.752. The molecule has 0 aliphatic heterocycles. The molecule has 0 radical (unpaired) electrons. The molecule has 0 saturated heterocycles. The molecule has 4 aliphatic carbocycles. The van der Waals surface area contributed by atoms with E-state index in [-0.39, 0.29) is 6.10 Å². The highest BCUT2D eigenvalue weighted by atomic mass is 16.5. The normalized spacial score (nSPS) is 57.4. The van der Waals surface area contributed by atoms with E-state index in [0.29, 0.717) is 18.3 Å². The minimum atomic E-state index is -0.589. The van der Waals surface area contributed by atoms with E-state index in [2.05, 4.69) is 0 Å².